The molecule has 2 amide bonds. The van der Waals surface area contributed by atoms with Crippen LogP contribution in [0.25, 0.3) is 0 Å². The highest BCUT2D eigenvalue weighted by Gasteiger charge is 2.59. The van der Waals surface area contributed by atoms with Crippen molar-refractivity contribution in [2.75, 3.05) is 0 Å². The van der Waals surface area contributed by atoms with Crippen LogP contribution in [0.1, 0.15) is 12.0 Å². The second kappa shape index (κ2) is 5.42. The maximum atomic E-state index is 12.5. The molecule has 0 spiro atoms. The molecule has 8 heteroatoms. The van der Waals surface area contributed by atoms with Crippen molar-refractivity contribution in [2.45, 2.75) is 6.42 Å². The van der Waals surface area contributed by atoms with Gasteiger partial charge in [0.15, 0.2) is 0 Å². The van der Waals surface area contributed by atoms with Crippen molar-refractivity contribution < 1.29 is 19.8 Å². The molecule has 1 aromatic carbocycles. The van der Waals surface area contributed by atoms with Gasteiger partial charge >= 0.3 is 0 Å². The molecule has 2 bridgehead atoms. The van der Waals surface area contributed by atoms with E-state index < -0.39 is 0 Å². The molecule has 1 heterocycles. The molecule has 3 aliphatic rings. The van der Waals surface area contributed by atoms with Crippen LogP contribution < -0.4 is 0 Å². The van der Waals surface area contributed by atoms with Crippen molar-refractivity contribution in [1.82, 2.24) is 5.01 Å². The Balaban J connectivity index is 1.64. The largest absolute Gasteiger partial charge is 0.506 e. The average Bonchev–Trinajstić information content (AvgIpc) is 3.23. The van der Waals surface area contributed by atoms with Crippen LogP contribution in [-0.4, -0.2) is 33.3 Å². The van der Waals surface area contributed by atoms with Crippen LogP contribution in [-0.2, 0) is 9.59 Å². The van der Waals surface area contributed by atoms with Crippen LogP contribution >= 0.6 is 31.9 Å². The number of imide groups is 1. The monoisotopic (exact) mass is 454 g/mol. The minimum atomic E-state index is -0.309. The SMILES string of the molecule is O=C1[C@@H]2[C@H](C(=O)N1/N=C\c1cc(Br)c(O)c(Br)c1O)[C@H]1C=C[C@H]2C1. The highest BCUT2D eigenvalue weighted by atomic mass is 79.9. The van der Waals surface area contributed by atoms with Gasteiger partial charge < -0.3 is 10.2 Å². The first-order chi connectivity index (χ1) is 11.4. The fourth-order valence-corrected chi connectivity index (χ4v) is 4.99. The summed E-state index contributed by atoms with van der Waals surface area (Å²) in [7, 11) is 0. The normalized spacial score (nSPS) is 30.8. The Labute approximate surface area is 154 Å². The zero-order chi connectivity index (χ0) is 17.2. The zero-order valence-electron chi connectivity index (χ0n) is 12.2. The molecule has 0 unspecified atom stereocenters. The molecule has 0 radical (unpaired) electrons. The summed E-state index contributed by atoms with van der Waals surface area (Å²) < 4.78 is 0.461. The lowest BCUT2D eigenvalue weighted by Gasteiger charge is -2.13. The summed E-state index contributed by atoms with van der Waals surface area (Å²) >= 11 is 6.24. The number of hydrazone groups is 1. The summed E-state index contributed by atoms with van der Waals surface area (Å²) in [5.41, 5.74) is 0.269. The maximum absolute atomic E-state index is 12.5. The third kappa shape index (κ3) is 2.09. The van der Waals surface area contributed by atoms with E-state index in [1.54, 1.807) is 0 Å². The Kier molecular flexibility index (Phi) is 3.58. The van der Waals surface area contributed by atoms with E-state index in [0.29, 0.717) is 4.47 Å². The number of hydrogen-bond donors (Lipinski definition) is 2. The van der Waals surface area contributed by atoms with E-state index >= 15 is 0 Å². The number of carbonyl (C=O) groups excluding carboxylic acids is 2. The molecule has 1 aromatic rings. The molecule has 1 saturated carbocycles. The molecule has 6 nitrogen and oxygen atoms in total. The Bertz CT molecular complexity index is 806. The number of rotatable bonds is 2. The molecule has 2 N–H and O–H groups in total. The predicted molar refractivity (Wildman–Crippen MR) is 92.3 cm³/mol. The van der Waals surface area contributed by atoms with Crippen molar-refractivity contribution in [1.29, 1.82) is 0 Å². The van der Waals surface area contributed by atoms with Gasteiger partial charge in [-0.25, -0.2) is 0 Å². The molecule has 0 aromatic heterocycles. The first-order valence-electron chi connectivity index (χ1n) is 7.40. The molecule has 4 atom stereocenters. The molecule has 24 heavy (non-hydrogen) atoms. The Morgan fingerprint density at radius 1 is 1.08 bits per heavy atom. The number of phenolic OH excluding ortho intramolecular Hbond substituents is 2. The number of hydrogen-bond acceptors (Lipinski definition) is 5. The number of allylic oxidation sites excluding steroid dienone is 2. The van der Waals surface area contributed by atoms with E-state index in [2.05, 4.69) is 37.0 Å². The predicted octanol–water partition coefficient (Wildman–Crippen LogP) is 2.76. The van der Waals surface area contributed by atoms with Crippen molar-refractivity contribution in [2.24, 2.45) is 28.8 Å². The van der Waals surface area contributed by atoms with Crippen LogP contribution in [0, 0.1) is 23.7 Å². The zero-order valence-corrected chi connectivity index (χ0v) is 15.4. The third-order valence-corrected chi connectivity index (χ3v) is 6.31. The second-order valence-corrected chi connectivity index (χ2v) is 7.84. The van der Waals surface area contributed by atoms with Crippen LogP contribution in [0.4, 0.5) is 0 Å². The molecule has 2 fully saturated rings. The standard InChI is InChI=1S/C16H12Br2N2O4/c17-9-4-8(13(21)12(18)14(9)22)5-19-20-15(23)10-6-1-2-7(3-6)11(10)16(20)24/h1-2,4-7,10-11,21-22H,3H2/b19-5-/t6-,7-,10-,11+/m0/s1. The van der Waals surface area contributed by atoms with Gasteiger partial charge in [-0.15, -0.1) is 0 Å². The van der Waals surface area contributed by atoms with Gasteiger partial charge in [-0.05, 0) is 56.2 Å². The van der Waals surface area contributed by atoms with E-state index in [-0.39, 0.29) is 57.0 Å². The number of fused-ring (bicyclic) bond motifs is 5. The van der Waals surface area contributed by atoms with E-state index in [4.69, 9.17) is 0 Å². The minimum absolute atomic E-state index is 0.108. The average molecular weight is 456 g/mol. The maximum Gasteiger partial charge on any atom is 0.254 e. The Hall–Kier alpha value is -1.67. The molecule has 2 aliphatic carbocycles. The summed E-state index contributed by atoms with van der Waals surface area (Å²) in [6.07, 6.45) is 6.15. The van der Waals surface area contributed by atoms with Gasteiger partial charge in [0.05, 0.1) is 22.5 Å². The van der Waals surface area contributed by atoms with E-state index in [0.717, 1.165) is 11.4 Å². The van der Waals surface area contributed by atoms with Crippen LogP contribution in [0.2, 0.25) is 0 Å². The van der Waals surface area contributed by atoms with Gasteiger partial charge in [-0.2, -0.15) is 10.1 Å². The number of halogens is 2. The molecular formula is C16H12Br2N2O4. The fraction of sp³-hybridized carbons (Fsp3) is 0.312. The van der Waals surface area contributed by atoms with Gasteiger partial charge in [-0.3, -0.25) is 9.59 Å². The Morgan fingerprint density at radius 2 is 1.67 bits per heavy atom. The van der Waals surface area contributed by atoms with Crippen molar-refractivity contribution in [3.63, 3.8) is 0 Å². The topological polar surface area (TPSA) is 90.2 Å². The molecule has 1 saturated heterocycles. The molecule has 124 valence electrons. The number of amides is 2. The molecule has 1 aliphatic heterocycles. The Morgan fingerprint density at radius 3 is 2.25 bits per heavy atom. The minimum Gasteiger partial charge on any atom is -0.506 e. The highest BCUT2D eigenvalue weighted by Crippen LogP contribution is 2.52. The van der Waals surface area contributed by atoms with Gasteiger partial charge in [0, 0.05) is 5.56 Å². The first-order valence-corrected chi connectivity index (χ1v) is 8.98. The number of carbonyl (C=O) groups is 2. The number of nitrogens with zero attached hydrogens (tertiary/aromatic N) is 2. The summed E-state index contributed by atoms with van der Waals surface area (Å²) in [5.74, 6) is -1.29. The third-order valence-electron chi connectivity index (χ3n) is 4.96. The first kappa shape index (κ1) is 15.8. The van der Waals surface area contributed by atoms with Crippen LogP contribution in [0.5, 0.6) is 11.5 Å². The number of benzene rings is 1. The van der Waals surface area contributed by atoms with Crippen molar-refractivity contribution >= 4 is 49.9 Å². The smallest absolute Gasteiger partial charge is 0.254 e. The highest BCUT2D eigenvalue weighted by molar-refractivity contribution is 9.11. The van der Waals surface area contributed by atoms with Crippen LogP contribution in [0.3, 0.4) is 0 Å². The van der Waals surface area contributed by atoms with E-state index in [1.165, 1.54) is 12.3 Å². The number of aromatic hydroxyl groups is 2. The fourth-order valence-electron chi connectivity index (χ4n) is 3.84. The van der Waals surface area contributed by atoms with E-state index in [1.807, 2.05) is 12.2 Å². The van der Waals surface area contributed by atoms with Gasteiger partial charge in [0.25, 0.3) is 11.8 Å². The second-order valence-electron chi connectivity index (χ2n) is 6.19. The molecular weight excluding hydrogens is 444 g/mol. The van der Waals surface area contributed by atoms with Gasteiger partial charge in [0.2, 0.25) is 0 Å². The van der Waals surface area contributed by atoms with Crippen molar-refractivity contribution in [3.8, 4) is 11.5 Å². The summed E-state index contributed by atoms with van der Waals surface area (Å²) in [6, 6.07) is 1.45. The van der Waals surface area contributed by atoms with Gasteiger partial charge in [-0.1, -0.05) is 12.2 Å². The lowest BCUT2D eigenvalue weighted by molar-refractivity contribution is -0.140. The summed E-state index contributed by atoms with van der Waals surface area (Å²) in [4.78, 5) is 25.0. The molecule has 4 rings (SSSR count). The summed E-state index contributed by atoms with van der Waals surface area (Å²) in [5, 5.41) is 24.7. The quantitative estimate of drug-likeness (QED) is 0.407. The van der Waals surface area contributed by atoms with E-state index in [9.17, 15) is 19.8 Å². The lowest BCUT2D eigenvalue weighted by Crippen LogP contribution is -2.28. The van der Waals surface area contributed by atoms with Gasteiger partial charge in [0.1, 0.15) is 16.0 Å². The summed E-state index contributed by atoms with van der Waals surface area (Å²) in [6.45, 7) is 0. The van der Waals surface area contributed by atoms with Crippen molar-refractivity contribution in [3.05, 3.63) is 32.7 Å². The van der Waals surface area contributed by atoms with Crippen LogP contribution in [0.15, 0.2) is 32.3 Å². The number of phenols is 2. The lowest BCUT2D eigenvalue weighted by atomic mass is 9.85.